The zero-order valence-electron chi connectivity index (χ0n) is 9.10. The molecule has 0 bridgehead atoms. The van der Waals surface area contributed by atoms with Gasteiger partial charge in [-0.15, -0.1) is 0 Å². The average molecular weight is 270 g/mol. The van der Waals surface area contributed by atoms with Crippen LogP contribution in [-0.4, -0.2) is 20.9 Å². The second-order valence-corrected chi connectivity index (χ2v) is 4.06. The minimum absolute atomic E-state index is 0.00564. The van der Waals surface area contributed by atoms with Gasteiger partial charge >= 0.3 is 5.97 Å². The number of hydrogen-bond donors (Lipinski definition) is 2. The van der Waals surface area contributed by atoms with Crippen LogP contribution in [0.15, 0.2) is 24.4 Å². The maximum absolute atomic E-state index is 13.6. The number of benzene rings is 1. The molecule has 0 amide bonds. The number of anilines is 1. The fourth-order valence-corrected chi connectivity index (χ4v) is 1.72. The van der Waals surface area contributed by atoms with E-state index in [-0.39, 0.29) is 22.9 Å². The van der Waals surface area contributed by atoms with Crippen LogP contribution in [0.5, 0.6) is 0 Å². The van der Waals surface area contributed by atoms with Gasteiger partial charge in [-0.3, -0.25) is 4.68 Å². The van der Waals surface area contributed by atoms with E-state index in [4.69, 9.17) is 22.4 Å². The van der Waals surface area contributed by atoms with Crippen molar-refractivity contribution < 1.29 is 14.3 Å². The molecule has 94 valence electrons. The van der Waals surface area contributed by atoms with Gasteiger partial charge < -0.3 is 10.8 Å². The highest BCUT2D eigenvalue weighted by Gasteiger charge is 2.14. The van der Waals surface area contributed by atoms with Crippen LogP contribution in [0.1, 0.15) is 16.1 Å². The first-order valence-corrected chi connectivity index (χ1v) is 5.36. The molecule has 1 aromatic carbocycles. The number of rotatable bonds is 3. The van der Waals surface area contributed by atoms with Crippen LogP contribution in [0.4, 0.5) is 10.1 Å². The normalized spacial score (nSPS) is 10.6. The molecular formula is C11H9ClFN3O2. The number of aromatic nitrogens is 2. The van der Waals surface area contributed by atoms with Crippen LogP contribution < -0.4 is 5.73 Å². The van der Waals surface area contributed by atoms with Gasteiger partial charge in [-0.1, -0.05) is 23.7 Å². The van der Waals surface area contributed by atoms with Crippen molar-refractivity contribution in [2.24, 2.45) is 0 Å². The molecule has 1 aromatic heterocycles. The molecule has 0 atom stereocenters. The maximum Gasteiger partial charge on any atom is 0.358 e. The largest absolute Gasteiger partial charge is 0.476 e. The first-order valence-electron chi connectivity index (χ1n) is 4.98. The summed E-state index contributed by atoms with van der Waals surface area (Å²) in [6, 6.07) is 4.58. The summed E-state index contributed by atoms with van der Waals surface area (Å²) >= 11 is 5.64. The van der Waals surface area contributed by atoms with E-state index in [9.17, 15) is 9.18 Å². The number of hydrogen-bond acceptors (Lipinski definition) is 3. The first-order chi connectivity index (χ1) is 8.49. The van der Waals surface area contributed by atoms with E-state index in [0.717, 1.165) is 0 Å². The quantitative estimate of drug-likeness (QED) is 0.893. The van der Waals surface area contributed by atoms with Crippen molar-refractivity contribution in [3.05, 3.63) is 46.5 Å². The lowest BCUT2D eigenvalue weighted by Gasteiger charge is -2.04. The van der Waals surface area contributed by atoms with E-state index in [2.05, 4.69) is 5.10 Å². The van der Waals surface area contributed by atoms with E-state index in [1.165, 1.54) is 16.9 Å². The standard InChI is InChI=1S/C11H9ClFN3O2/c12-7-3-1-2-6(9(7)13)4-16-5-8(14)10(15-16)11(17)18/h1-3,5H,4,14H2,(H,17,18). The third-order valence-corrected chi connectivity index (χ3v) is 2.65. The summed E-state index contributed by atoms with van der Waals surface area (Å²) in [7, 11) is 0. The average Bonchev–Trinajstić information content (AvgIpc) is 2.66. The Morgan fingerprint density at radius 1 is 1.56 bits per heavy atom. The molecule has 0 saturated heterocycles. The molecule has 18 heavy (non-hydrogen) atoms. The Balaban J connectivity index is 2.32. The second-order valence-electron chi connectivity index (χ2n) is 3.65. The molecule has 0 aliphatic rings. The van der Waals surface area contributed by atoms with Gasteiger partial charge in [-0.2, -0.15) is 5.10 Å². The maximum atomic E-state index is 13.6. The highest BCUT2D eigenvalue weighted by Crippen LogP contribution is 2.19. The summed E-state index contributed by atoms with van der Waals surface area (Å²) in [6.07, 6.45) is 1.34. The molecule has 5 nitrogen and oxygen atoms in total. The molecule has 0 fully saturated rings. The van der Waals surface area contributed by atoms with Crippen LogP contribution in [-0.2, 0) is 6.54 Å². The van der Waals surface area contributed by atoms with Gasteiger partial charge in [0.2, 0.25) is 0 Å². The van der Waals surface area contributed by atoms with E-state index in [1.807, 2.05) is 0 Å². The number of carboxylic acid groups (broad SMARTS) is 1. The summed E-state index contributed by atoms with van der Waals surface area (Å²) in [6.45, 7) is 0.0594. The summed E-state index contributed by atoms with van der Waals surface area (Å²) in [5.74, 6) is -1.78. The number of nitrogens with two attached hydrogens (primary N) is 1. The van der Waals surface area contributed by atoms with Gasteiger partial charge in [-0.05, 0) is 6.07 Å². The summed E-state index contributed by atoms with van der Waals surface area (Å²) in [5, 5.41) is 12.6. The summed E-state index contributed by atoms with van der Waals surface area (Å²) < 4.78 is 14.9. The highest BCUT2D eigenvalue weighted by molar-refractivity contribution is 6.30. The van der Waals surface area contributed by atoms with Gasteiger partial charge in [-0.25, -0.2) is 9.18 Å². The Hall–Kier alpha value is -2.08. The fourth-order valence-electron chi connectivity index (χ4n) is 1.53. The van der Waals surface area contributed by atoms with Crippen molar-refractivity contribution in [1.29, 1.82) is 0 Å². The zero-order valence-corrected chi connectivity index (χ0v) is 9.86. The number of aromatic carboxylic acids is 1. The lowest BCUT2D eigenvalue weighted by molar-refractivity contribution is 0.0690. The molecule has 1 heterocycles. The molecule has 0 aliphatic carbocycles. The molecule has 7 heteroatoms. The van der Waals surface area contributed by atoms with Crippen LogP contribution in [0.2, 0.25) is 5.02 Å². The van der Waals surface area contributed by atoms with Crippen molar-refractivity contribution in [2.45, 2.75) is 6.54 Å². The fraction of sp³-hybridized carbons (Fsp3) is 0.0909. The first kappa shape index (κ1) is 12.4. The van der Waals surface area contributed by atoms with Crippen molar-refractivity contribution in [3.8, 4) is 0 Å². The smallest absolute Gasteiger partial charge is 0.358 e. The van der Waals surface area contributed by atoms with Gasteiger partial charge in [0, 0.05) is 11.8 Å². The lowest BCUT2D eigenvalue weighted by atomic mass is 10.2. The Morgan fingerprint density at radius 2 is 2.28 bits per heavy atom. The molecule has 0 spiro atoms. The number of nitrogens with zero attached hydrogens (tertiary/aromatic N) is 2. The van der Waals surface area contributed by atoms with E-state index < -0.39 is 11.8 Å². The molecule has 0 saturated carbocycles. The third-order valence-electron chi connectivity index (χ3n) is 2.36. The highest BCUT2D eigenvalue weighted by atomic mass is 35.5. The Morgan fingerprint density at radius 3 is 2.89 bits per heavy atom. The minimum atomic E-state index is -1.22. The van der Waals surface area contributed by atoms with Crippen LogP contribution in [0.3, 0.4) is 0 Å². The van der Waals surface area contributed by atoms with Crippen molar-refractivity contribution in [3.63, 3.8) is 0 Å². The minimum Gasteiger partial charge on any atom is -0.476 e. The molecule has 0 aliphatic heterocycles. The van der Waals surface area contributed by atoms with Crippen LogP contribution in [0.25, 0.3) is 0 Å². The molecule has 3 N–H and O–H groups in total. The summed E-state index contributed by atoms with van der Waals surface area (Å²) in [4.78, 5) is 10.8. The van der Waals surface area contributed by atoms with Gasteiger partial charge in [0.1, 0.15) is 5.82 Å². The van der Waals surface area contributed by atoms with Crippen molar-refractivity contribution in [1.82, 2.24) is 9.78 Å². The van der Waals surface area contributed by atoms with Crippen LogP contribution >= 0.6 is 11.6 Å². The van der Waals surface area contributed by atoms with Crippen LogP contribution in [0, 0.1) is 5.82 Å². The van der Waals surface area contributed by atoms with Gasteiger partial charge in [0.05, 0.1) is 17.3 Å². The van der Waals surface area contributed by atoms with Crippen molar-refractivity contribution >= 4 is 23.3 Å². The Labute approximate surface area is 107 Å². The molecule has 2 rings (SSSR count). The molecule has 0 unspecified atom stereocenters. The third kappa shape index (κ3) is 2.28. The number of halogens is 2. The Bertz CT molecular complexity index is 612. The topological polar surface area (TPSA) is 81.1 Å². The monoisotopic (exact) mass is 269 g/mol. The van der Waals surface area contributed by atoms with E-state index in [0.29, 0.717) is 5.56 Å². The molecule has 2 aromatic rings. The SMILES string of the molecule is Nc1cn(Cc2cccc(Cl)c2F)nc1C(=O)O. The second kappa shape index (κ2) is 4.66. The number of nitrogen functional groups attached to an aromatic ring is 1. The lowest BCUT2D eigenvalue weighted by Crippen LogP contribution is -2.05. The number of carboxylic acids is 1. The Kier molecular flexibility index (Phi) is 3.20. The predicted molar refractivity (Wildman–Crippen MR) is 64.1 cm³/mol. The zero-order chi connectivity index (χ0) is 13.3. The van der Waals surface area contributed by atoms with Gasteiger partial charge in [0.15, 0.2) is 5.69 Å². The van der Waals surface area contributed by atoms with Gasteiger partial charge in [0.25, 0.3) is 0 Å². The van der Waals surface area contributed by atoms with E-state index in [1.54, 1.807) is 12.1 Å². The number of carbonyl (C=O) groups is 1. The predicted octanol–water partition coefficient (Wildman–Crippen LogP) is 2.00. The molecule has 0 radical (unpaired) electrons. The molecular weight excluding hydrogens is 261 g/mol. The van der Waals surface area contributed by atoms with Crippen molar-refractivity contribution in [2.75, 3.05) is 5.73 Å². The summed E-state index contributed by atoms with van der Waals surface area (Å²) in [5.41, 5.74) is 5.57. The van der Waals surface area contributed by atoms with E-state index >= 15 is 0 Å².